The minimum Gasteiger partial charge on any atom is -0.496 e. The molecule has 0 aliphatic heterocycles. The highest BCUT2D eigenvalue weighted by atomic mass is 32.1. The number of hydrogen-bond acceptors (Lipinski definition) is 6. The number of fused-ring (bicyclic) bond motifs is 1. The number of amides is 1. The summed E-state index contributed by atoms with van der Waals surface area (Å²) >= 11 is 1.61. The number of carbonyl (C=O) groups is 1. The Morgan fingerprint density at radius 2 is 1.97 bits per heavy atom. The number of ether oxygens (including phenoxy) is 2. The fourth-order valence-electron chi connectivity index (χ4n) is 4.49. The number of aromatic nitrogens is 2. The van der Waals surface area contributed by atoms with Gasteiger partial charge in [0.2, 0.25) is 5.91 Å². The van der Waals surface area contributed by atoms with Crippen LogP contribution in [0, 0.1) is 12.8 Å². The molecule has 1 amide bonds. The maximum Gasteiger partial charge on any atom is 0.223 e. The largest absolute Gasteiger partial charge is 0.496 e. The first-order chi connectivity index (χ1) is 15.9. The van der Waals surface area contributed by atoms with Crippen molar-refractivity contribution in [1.82, 2.24) is 15.3 Å². The van der Waals surface area contributed by atoms with E-state index < -0.39 is 0 Å². The number of thiazole rings is 1. The second kappa shape index (κ2) is 8.93. The molecule has 1 N–H and O–H groups in total. The van der Waals surface area contributed by atoms with Gasteiger partial charge in [0.1, 0.15) is 22.2 Å². The third-order valence-electron chi connectivity index (χ3n) is 6.67. The van der Waals surface area contributed by atoms with Crippen molar-refractivity contribution < 1.29 is 14.3 Å². The van der Waals surface area contributed by atoms with Gasteiger partial charge in [0.25, 0.3) is 0 Å². The highest BCUT2D eigenvalue weighted by molar-refractivity contribution is 7.13. The average molecular weight is 466 g/mol. The zero-order chi connectivity index (χ0) is 23.1. The van der Waals surface area contributed by atoms with Crippen LogP contribution < -0.4 is 14.8 Å². The number of methoxy groups -OCH3 is 1. The molecule has 5 rings (SSSR count). The number of nitrogens with one attached hydrogen (secondary N) is 1. The van der Waals surface area contributed by atoms with Crippen molar-refractivity contribution in [1.29, 1.82) is 0 Å². The summed E-state index contributed by atoms with van der Waals surface area (Å²) in [6.45, 7) is 6.31. The van der Waals surface area contributed by atoms with Crippen LogP contribution in [0.3, 0.4) is 0 Å². The Morgan fingerprint density at radius 1 is 1.15 bits per heavy atom. The minimum atomic E-state index is 0.0170. The summed E-state index contributed by atoms with van der Waals surface area (Å²) in [5, 5.41) is 7.10. The van der Waals surface area contributed by atoms with Crippen LogP contribution in [-0.4, -0.2) is 35.1 Å². The van der Waals surface area contributed by atoms with E-state index in [1.165, 1.54) is 0 Å². The summed E-state index contributed by atoms with van der Waals surface area (Å²) in [5.74, 6) is 2.20. The van der Waals surface area contributed by atoms with Gasteiger partial charge in [0, 0.05) is 34.4 Å². The molecule has 0 radical (unpaired) electrons. The van der Waals surface area contributed by atoms with Crippen molar-refractivity contribution in [3.63, 3.8) is 0 Å². The minimum absolute atomic E-state index is 0.0170. The van der Waals surface area contributed by atoms with Gasteiger partial charge >= 0.3 is 0 Å². The molecule has 7 heteroatoms. The van der Waals surface area contributed by atoms with Crippen LogP contribution in [-0.2, 0) is 4.79 Å². The van der Waals surface area contributed by atoms with Gasteiger partial charge in [-0.2, -0.15) is 0 Å². The number of pyridine rings is 1. The van der Waals surface area contributed by atoms with Crippen molar-refractivity contribution in [3.8, 4) is 22.2 Å². The van der Waals surface area contributed by atoms with Crippen molar-refractivity contribution in [3.05, 3.63) is 34.8 Å². The second-order valence-corrected chi connectivity index (χ2v) is 10.4. The van der Waals surface area contributed by atoms with E-state index >= 15 is 0 Å². The Labute approximate surface area is 198 Å². The highest BCUT2D eigenvalue weighted by Crippen LogP contribution is 2.39. The molecule has 0 saturated heterocycles. The maximum absolute atomic E-state index is 12.5. The lowest BCUT2D eigenvalue weighted by Crippen LogP contribution is -2.31. The molecular weight excluding hydrogens is 434 g/mol. The monoisotopic (exact) mass is 465 g/mol. The maximum atomic E-state index is 12.5. The summed E-state index contributed by atoms with van der Waals surface area (Å²) in [6.07, 6.45) is 4.75. The molecular formula is C26H31N3O3S. The fourth-order valence-corrected chi connectivity index (χ4v) is 5.43. The molecule has 33 heavy (non-hydrogen) atoms. The lowest BCUT2D eigenvalue weighted by Gasteiger charge is -2.18. The quantitative estimate of drug-likeness (QED) is 0.490. The zero-order valence-electron chi connectivity index (χ0n) is 19.7. The topological polar surface area (TPSA) is 73.3 Å². The third kappa shape index (κ3) is 4.56. The Balaban J connectivity index is 1.47. The van der Waals surface area contributed by atoms with Gasteiger partial charge in [-0.25, -0.2) is 9.97 Å². The predicted molar refractivity (Wildman–Crippen MR) is 131 cm³/mol. The molecule has 2 aromatic heterocycles. The molecule has 6 nitrogen and oxygen atoms in total. The zero-order valence-corrected chi connectivity index (χ0v) is 20.5. The number of benzene rings is 1. The molecule has 1 aromatic carbocycles. The molecule has 2 fully saturated rings. The molecule has 3 aromatic rings. The first-order valence-electron chi connectivity index (χ1n) is 11.8. The van der Waals surface area contributed by atoms with Crippen LogP contribution >= 0.6 is 11.3 Å². The summed E-state index contributed by atoms with van der Waals surface area (Å²) in [4.78, 5) is 22.3. The molecule has 2 saturated carbocycles. The summed E-state index contributed by atoms with van der Waals surface area (Å²) in [6, 6.07) is 6.39. The van der Waals surface area contributed by atoms with Gasteiger partial charge in [-0.15, -0.1) is 11.3 Å². The summed E-state index contributed by atoms with van der Waals surface area (Å²) in [5.41, 5.74) is 3.73. The van der Waals surface area contributed by atoms with Gasteiger partial charge in [-0.3, -0.25) is 4.79 Å². The van der Waals surface area contributed by atoms with Gasteiger partial charge in [0.05, 0.1) is 24.4 Å². The fraction of sp³-hybridized carbons (Fsp3) is 0.500. The van der Waals surface area contributed by atoms with E-state index in [1.54, 1.807) is 18.4 Å². The number of hydrogen-bond donors (Lipinski definition) is 1. The SMILES string of the molecule is COc1ccc2c(O[C@H]3CCC(C(=O)NC4CC4)C3)cc(-c3nc(C(C)C)cs3)nc2c1C. The highest BCUT2D eigenvalue weighted by Gasteiger charge is 2.34. The number of rotatable bonds is 7. The molecule has 2 aliphatic rings. The number of aryl methyl sites for hydroxylation is 1. The molecule has 2 heterocycles. The molecule has 2 atom stereocenters. The lowest BCUT2D eigenvalue weighted by atomic mass is 10.1. The molecule has 2 aliphatic carbocycles. The predicted octanol–water partition coefficient (Wildman–Crippen LogP) is 5.62. The Bertz CT molecular complexity index is 1180. The van der Waals surface area contributed by atoms with Crippen molar-refractivity contribution in [2.24, 2.45) is 5.92 Å². The van der Waals surface area contributed by atoms with Gasteiger partial charge in [-0.1, -0.05) is 13.8 Å². The van der Waals surface area contributed by atoms with Crippen LogP contribution in [0.15, 0.2) is 23.6 Å². The normalized spacial score (nSPS) is 20.4. The van der Waals surface area contributed by atoms with E-state index in [0.29, 0.717) is 12.0 Å². The molecule has 0 spiro atoms. The van der Waals surface area contributed by atoms with Crippen LogP contribution in [0.4, 0.5) is 0 Å². The second-order valence-electron chi connectivity index (χ2n) is 9.56. The molecule has 174 valence electrons. The van der Waals surface area contributed by atoms with Gasteiger partial charge in [0.15, 0.2) is 0 Å². The van der Waals surface area contributed by atoms with E-state index in [0.717, 1.165) is 76.5 Å². The van der Waals surface area contributed by atoms with Gasteiger partial charge < -0.3 is 14.8 Å². The molecule has 1 unspecified atom stereocenters. The van der Waals surface area contributed by atoms with E-state index in [1.807, 2.05) is 25.1 Å². The summed E-state index contributed by atoms with van der Waals surface area (Å²) < 4.78 is 12.1. The van der Waals surface area contributed by atoms with E-state index in [-0.39, 0.29) is 17.9 Å². The lowest BCUT2D eigenvalue weighted by molar-refractivity contribution is -0.125. The summed E-state index contributed by atoms with van der Waals surface area (Å²) in [7, 11) is 1.68. The number of nitrogens with zero attached hydrogens (tertiary/aromatic N) is 2. The Hall–Kier alpha value is -2.67. The van der Waals surface area contributed by atoms with E-state index in [9.17, 15) is 4.79 Å². The first kappa shape index (κ1) is 22.1. The number of carbonyl (C=O) groups excluding carboxylic acids is 1. The standard InChI is InChI=1S/C26H31N3O3S/c1-14(2)21-13-33-26(29-21)20-12-23(19-9-10-22(31-4)15(3)24(19)28-20)32-18-8-5-16(11-18)25(30)27-17-6-7-17/h9-10,12-14,16-18H,5-8,11H2,1-4H3,(H,27,30)/t16?,18-/m0/s1. The van der Waals surface area contributed by atoms with Crippen molar-refractivity contribution in [2.75, 3.05) is 7.11 Å². The van der Waals surface area contributed by atoms with Gasteiger partial charge in [-0.05, 0) is 57.1 Å². The van der Waals surface area contributed by atoms with Crippen LogP contribution in [0.25, 0.3) is 21.6 Å². The van der Waals surface area contributed by atoms with E-state index in [4.69, 9.17) is 19.4 Å². The van der Waals surface area contributed by atoms with Crippen LogP contribution in [0.1, 0.15) is 63.1 Å². The van der Waals surface area contributed by atoms with Crippen molar-refractivity contribution in [2.45, 2.75) is 70.9 Å². The first-order valence-corrected chi connectivity index (χ1v) is 12.7. The van der Waals surface area contributed by atoms with Crippen LogP contribution in [0.2, 0.25) is 0 Å². The Kier molecular flexibility index (Phi) is 5.99. The Morgan fingerprint density at radius 3 is 2.67 bits per heavy atom. The average Bonchev–Trinajstić information content (AvgIpc) is 3.26. The van der Waals surface area contributed by atoms with Crippen LogP contribution in [0.5, 0.6) is 11.5 Å². The van der Waals surface area contributed by atoms with Crippen molar-refractivity contribution >= 4 is 28.1 Å². The third-order valence-corrected chi connectivity index (χ3v) is 7.56. The smallest absolute Gasteiger partial charge is 0.223 e. The van der Waals surface area contributed by atoms with E-state index in [2.05, 4.69) is 24.5 Å². The molecule has 0 bridgehead atoms.